The molecule has 3 aromatic rings. The number of thioether (sulfide) groups is 1. The van der Waals surface area contributed by atoms with Crippen molar-refractivity contribution in [1.29, 1.82) is 0 Å². The van der Waals surface area contributed by atoms with E-state index in [0.29, 0.717) is 0 Å². The minimum Gasteiger partial charge on any atom is -0.264 e. The second-order valence-electron chi connectivity index (χ2n) is 5.67. The summed E-state index contributed by atoms with van der Waals surface area (Å²) in [6, 6.07) is 31.5. The largest absolute Gasteiger partial charge is 0.264 e. The number of nitrogens with zero attached hydrogens (tertiary/aromatic N) is 1. The van der Waals surface area contributed by atoms with Gasteiger partial charge in [-0.2, -0.15) is 0 Å². The highest BCUT2D eigenvalue weighted by Crippen LogP contribution is 2.43. The zero-order valence-corrected chi connectivity index (χ0v) is 14.0. The van der Waals surface area contributed by atoms with Crippen LogP contribution in [0.2, 0.25) is 0 Å². The first-order valence-electron chi connectivity index (χ1n) is 8.03. The molecule has 0 aromatic heterocycles. The van der Waals surface area contributed by atoms with Crippen LogP contribution in [0.5, 0.6) is 0 Å². The second kappa shape index (κ2) is 6.90. The van der Waals surface area contributed by atoms with Crippen LogP contribution in [0.1, 0.15) is 22.7 Å². The lowest BCUT2D eigenvalue weighted by atomic mass is 10.1. The molecule has 0 amide bonds. The minimum atomic E-state index is 0.0756. The average molecular weight is 327 g/mol. The maximum absolute atomic E-state index is 5.02. The van der Waals surface area contributed by atoms with Crippen molar-refractivity contribution in [2.75, 3.05) is 0 Å². The van der Waals surface area contributed by atoms with Gasteiger partial charge in [-0.1, -0.05) is 103 Å². The number of hydrogen-bond acceptors (Lipinski definition) is 2. The molecule has 1 aliphatic rings. The molecule has 1 aliphatic heterocycles. The molecular formula is C22H17NS. The molecule has 0 unspecified atom stereocenters. The van der Waals surface area contributed by atoms with Crippen LogP contribution in [0.25, 0.3) is 6.08 Å². The Morgan fingerprint density at radius 3 is 1.96 bits per heavy atom. The van der Waals surface area contributed by atoms with Gasteiger partial charge in [-0.05, 0) is 17.2 Å². The van der Waals surface area contributed by atoms with E-state index >= 15 is 0 Å². The third-order valence-corrected chi connectivity index (χ3v) is 5.09. The van der Waals surface area contributed by atoms with E-state index in [-0.39, 0.29) is 6.04 Å². The number of benzene rings is 3. The van der Waals surface area contributed by atoms with Crippen LogP contribution >= 0.6 is 11.8 Å². The van der Waals surface area contributed by atoms with Crippen molar-refractivity contribution in [2.45, 2.75) is 6.04 Å². The number of hydrogen-bond donors (Lipinski definition) is 0. The molecule has 0 spiro atoms. The highest BCUT2D eigenvalue weighted by Gasteiger charge is 2.26. The molecule has 1 heterocycles. The van der Waals surface area contributed by atoms with Crippen LogP contribution < -0.4 is 0 Å². The molecule has 0 saturated carbocycles. The molecule has 1 atom stereocenters. The Hall–Kier alpha value is -2.58. The molecule has 0 radical (unpaired) electrons. The van der Waals surface area contributed by atoms with Gasteiger partial charge >= 0.3 is 0 Å². The fourth-order valence-electron chi connectivity index (χ4n) is 2.78. The molecule has 0 fully saturated rings. The van der Waals surface area contributed by atoms with Crippen LogP contribution in [0.3, 0.4) is 0 Å². The molecule has 0 saturated heterocycles. The Balaban J connectivity index is 1.75. The van der Waals surface area contributed by atoms with Crippen molar-refractivity contribution in [3.05, 3.63) is 113 Å². The molecule has 2 heteroatoms. The Morgan fingerprint density at radius 2 is 1.29 bits per heavy atom. The maximum atomic E-state index is 5.02. The predicted octanol–water partition coefficient (Wildman–Crippen LogP) is 5.96. The Morgan fingerprint density at radius 1 is 0.708 bits per heavy atom. The van der Waals surface area contributed by atoms with Crippen LogP contribution in [0.15, 0.2) is 101 Å². The smallest absolute Gasteiger partial charge is 0.108 e. The average Bonchev–Trinajstić information content (AvgIpc) is 3.08. The molecule has 0 N–H and O–H groups in total. The van der Waals surface area contributed by atoms with E-state index in [9.17, 15) is 0 Å². The van der Waals surface area contributed by atoms with E-state index in [1.165, 1.54) is 21.6 Å². The maximum Gasteiger partial charge on any atom is 0.108 e. The highest BCUT2D eigenvalue weighted by molar-refractivity contribution is 8.18. The van der Waals surface area contributed by atoms with Crippen molar-refractivity contribution in [1.82, 2.24) is 0 Å². The van der Waals surface area contributed by atoms with Gasteiger partial charge in [-0.3, -0.25) is 4.99 Å². The zero-order chi connectivity index (χ0) is 16.2. The van der Waals surface area contributed by atoms with Crippen molar-refractivity contribution in [2.24, 2.45) is 4.99 Å². The lowest BCUT2D eigenvalue weighted by Gasteiger charge is -2.09. The van der Waals surface area contributed by atoms with Crippen molar-refractivity contribution < 1.29 is 0 Å². The first kappa shape index (κ1) is 15.0. The van der Waals surface area contributed by atoms with Gasteiger partial charge in [-0.15, -0.1) is 0 Å². The van der Waals surface area contributed by atoms with Gasteiger partial charge in [0.2, 0.25) is 0 Å². The lowest BCUT2D eigenvalue weighted by molar-refractivity contribution is 0.917. The van der Waals surface area contributed by atoms with Crippen LogP contribution in [0, 0.1) is 0 Å². The molecule has 24 heavy (non-hydrogen) atoms. The summed E-state index contributed by atoms with van der Waals surface area (Å²) in [5.41, 5.74) is 3.63. The summed E-state index contributed by atoms with van der Waals surface area (Å²) in [6.07, 6.45) is 2.25. The van der Waals surface area contributed by atoms with Crippen molar-refractivity contribution >= 4 is 22.9 Å². The third-order valence-electron chi connectivity index (χ3n) is 3.97. The van der Waals surface area contributed by atoms with Crippen LogP contribution in [-0.4, -0.2) is 5.04 Å². The fourth-order valence-corrected chi connectivity index (χ4v) is 3.92. The van der Waals surface area contributed by atoms with Gasteiger partial charge in [0, 0.05) is 10.5 Å². The predicted molar refractivity (Wildman–Crippen MR) is 104 cm³/mol. The molecular weight excluding hydrogens is 310 g/mol. The molecule has 4 rings (SSSR count). The monoisotopic (exact) mass is 327 g/mol. The third kappa shape index (κ3) is 3.19. The molecule has 0 bridgehead atoms. The molecule has 1 nitrogen and oxygen atoms in total. The minimum absolute atomic E-state index is 0.0756. The summed E-state index contributed by atoms with van der Waals surface area (Å²) in [5, 5.41) is 1.09. The van der Waals surface area contributed by atoms with Gasteiger partial charge < -0.3 is 0 Å². The molecule has 116 valence electrons. The van der Waals surface area contributed by atoms with Gasteiger partial charge in [0.1, 0.15) is 11.1 Å². The Bertz CT molecular complexity index is 868. The van der Waals surface area contributed by atoms with E-state index in [0.717, 1.165) is 5.04 Å². The van der Waals surface area contributed by atoms with Crippen molar-refractivity contribution in [3.63, 3.8) is 0 Å². The normalized spacial score (nSPS) is 18.6. The number of rotatable bonds is 3. The summed E-state index contributed by atoms with van der Waals surface area (Å²) in [6.45, 7) is 0. The van der Waals surface area contributed by atoms with Gasteiger partial charge in [0.05, 0.1) is 0 Å². The van der Waals surface area contributed by atoms with Crippen molar-refractivity contribution in [3.8, 4) is 0 Å². The van der Waals surface area contributed by atoms with E-state index in [4.69, 9.17) is 4.99 Å². The first-order chi connectivity index (χ1) is 11.9. The number of aliphatic imine (C=N–C) groups is 1. The topological polar surface area (TPSA) is 12.4 Å². The second-order valence-corrected chi connectivity index (χ2v) is 6.74. The van der Waals surface area contributed by atoms with E-state index in [1.807, 2.05) is 18.2 Å². The zero-order valence-electron chi connectivity index (χ0n) is 13.2. The Kier molecular flexibility index (Phi) is 4.30. The van der Waals surface area contributed by atoms with Gasteiger partial charge in [0.25, 0.3) is 0 Å². The summed E-state index contributed by atoms with van der Waals surface area (Å²) < 4.78 is 0. The first-order valence-corrected chi connectivity index (χ1v) is 8.84. The van der Waals surface area contributed by atoms with Crippen LogP contribution in [-0.2, 0) is 0 Å². The van der Waals surface area contributed by atoms with Gasteiger partial charge in [-0.25, -0.2) is 0 Å². The van der Waals surface area contributed by atoms with E-state index in [1.54, 1.807) is 11.8 Å². The fraction of sp³-hybridized carbons (Fsp3) is 0.0455. The highest BCUT2D eigenvalue weighted by atomic mass is 32.2. The standard InChI is InChI=1S/C22H17NS/c1-4-10-17(11-5-1)16-20-21(18-12-6-2-7-13-18)23-22(24-20)19-14-8-3-9-15-19/h1-16,21H/b20-16-/t21-/m0/s1. The van der Waals surface area contributed by atoms with E-state index < -0.39 is 0 Å². The molecule has 3 aromatic carbocycles. The quantitative estimate of drug-likeness (QED) is 0.578. The van der Waals surface area contributed by atoms with Gasteiger partial charge in [0.15, 0.2) is 0 Å². The summed E-state index contributed by atoms with van der Waals surface area (Å²) in [5.74, 6) is 0. The summed E-state index contributed by atoms with van der Waals surface area (Å²) in [4.78, 5) is 6.29. The Labute approximate surface area is 146 Å². The van der Waals surface area contributed by atoms with E-state index in [2.05, 4.69) is 78.9 Å². The SMILES string of the molecule is C(=C1/SC(c2ccccc2)=N[C@H]1c1ccccc1)/c1ccccc1. The van der Waals surface area contributed by atoms with Crippen LogP contribution in [0.4, 0.5) is 0 Å². The summed E-state index contributed by atoms with van der Waals surface area (Å²) >= 11 is 1.77. The lowest BCUT2D eigenvalue weighted by Crippen LogP contribution is -1.93. The summed E-state index contributed by atoms with van der Waals surface area (Å²) in [7, 11) is 0. The molecule has 0 aliphatic carbocycles.